The van der Waals surface area contributed by atoms with Gasteiger partial charge in [0.1, 0.15) is 36.6 Å². The zero-order valence-corrected chi connectivity index (χ0v) is 43.4. The summed E-state index contributed by atoms with van der Waals surface area (Å²) in [6.07, 6.45) is 26.7. The number of thiazole rings is 2. The Balaban J connectivity index is 0.907. The maximum Gasteiger partial charge on any atom is 0.410 e. The number of rotatable bonds is 14. The maximum atomic E-state index is 15.6. The highest BCUT2D eigenvalue weighted by Crippen LogP contribution is 2.47. The monoisotopic (exact) mass is 1060 g/mol. The first-order valence-corrected chi connectivity index (χ1v) is 28.7. The summed E-state index contributed by atoms with van der Waals surface area (Å²) in [5, 5.41) is 26.3. The first kappa shape index (κ1) is 44.9. The van der Waals surface area contributed by atoms with Gasteiger partial charge in [-0.05, 0) is 76.8 Å². The zero-order valence-electron chi connectivity index (χ0n) is 41.8. The Morgan fingerprint density at radius 1 is 0.697 bits per heavy atom. The van der Waals surface area contributed by atoms with Crippen molar-refractivity contribution in [2.75, 3.05) is 74.1 Å². The molecule has 8 fully saturated rings. The highest BCUT2D eigenvalue weighted by molar-refractivity contribution is 7.13. The minimum absolute atomic E-state index is 0.0976. The number of pyridine rings is 1. The molecular formula is C52H55N19O3S2. The fourth-order valence-electron chi connectivity index (χ4n) is 12.1. The van der Waals surface area contributed by atoms with E-state index in [0.717, 1.165) is 135 Å². The number of ether oxygens (including phenoxy) is 1. The van der Waals surface area contributed by atoms with Gasteiger partial charge >= 0.3 is 6.09 Å². The molecule has 388 valence electrons. The maximum absolute atomic E-state index is 15.6. The highest BCUT2D eigenvalue weighted by atomic mass is 32.1. The number of allylic oxidation sites excluding steroid dienone is 2. The van der Waals surface area contributed by atoms with E-state index >= 15 is 4.79 Å². The van der Waals surface area contributed by atoms with Gasteiger partial charge in [0, 0.05) is 92.4 Å². The second kappa shape index (κ2) is 17.6. The Hall–Kier alpha value is -7.31. The first-order valence-electron chi connectivity index (χ1n) is 27.0. The third-order valence-electron chi connectivity index (χ3n) is 16.8. The lowest BCUT2D eigenvalue weighted by Crippen LogP contribution is -2.53. The van der Waals surface area contributed by atoms with Crippen molar-refractivity contribution in [3.8, 4) is 27.4 Å². The van der Waals surface area contributed by atoms with Crippen molar-refractivity contribution < 1.29 is 14.3 Å². The topological polar surface area (TPSA) is 207 Å². The van der Waals surface area contributed by atoms with Crippen molar-refractivity contribution in [2.45, 2.75) is 100 Å². The van der Waals surface area contributed by atoms with Crippen molar-refractivity contribution in [1.82, 2.24) is 78.3 Å². The number of hydrogen-bond donors (Lipinski definition) is 1. The molecule has 16 rings (SSSR count). The predicted molar refractivity (Wildman–Crippen MR) is 283 cm³/mol. The molecule has 24 heteroatoms. The van der Waals surface area contributed by atoms with Crippen LogP contribution in [-0.2, 0) is 4.74 Å². The Labute approximate surface area is 444 Å². The van der Waals surface area contributed by atoms with Gasteiger partial charge in [-0.25, -0.2) is 29.7 Å². The summed E-state index contributed by atoms with van der Waals surface area (Å²) in [5.74, 6) is 2.95. The largest absolute Gasteiger partial charge is 0.447 e. The number of imidazole rings is 2. The van der Waals surface area contributed by atoms with Crippen LogP contribution in [0.4, 0.5) is 22.1 Å². The number of nitrogens with zero attached hydrogens (tertiary/aromatic N) is 18. The van der Waals surface area contributed by atoms with Crippen LogP contribution in [0.3, 0.4) is 0 Å². The van der Waals surface area contributed by atoms with Crippen LogP contribution in [0.1, 0.15) is 116 Å². The molecule has 0 aromatic carbocycles. The van der Waals surface area contributed by atoms with E-state index in [1.807, 2.05) is 35.5 Å². The molecule has 2 amide bonds. The molecule has 4 aliphatic carbocycles. The number of aromatic nitrogens is 13. The molecular weight excluding hydrogens is 1000 g/mol. The molecule has 4 saturated heterocycles. The summed E-state index contributed by atoms with van der Waals surface area (Å²) < 4.78 is 14.1. The van der Waals surface area contributed by atoms with Crippen molar-refractivity contribution >= 4 is 63.4 Å². The van der Waals surface area contributed by atoms with Gasteiger partial charge in [0.05, 0.1) is 76.9 Å². The summed E-state index contributed by atoms with van der Waals surface area (Å²) in [6.45, 7) is 6.12. The van der Waals surface area contributed by atoms with Gasteiger partial charge in [-0.2, -0.15) is 0 Å². The standard InChI is InChI=1S/C52H55N19O3S2/c72-49(58-42-24-75-50(59-42)47-61-56-28-70(47)32-7-8-32)45-44(46(67-21-37(55-27-67)31-5-6-31)40(17-53-45)64-13-12-63-11-1-2-34(63)18-64)39-16-38(66-20-36(54-26-66)30-3-4-30)41(65-14-15-68-35(19-65)23-74-52(68)73)22-69(39)43-25-76-51(60-43)48-62-57-29-71(48)33-9-10-33/h16-17,20-21,24-35H,1-15,18-19,22-23H2,(H,58,72). The number of amides is 2. The second-order valence-electron chi connectivity index (χ2n) is 21.9. The third kappa shape index (κ3) is 7.91. The Morgan fingerprint density at radius 3 is 2.14 bits per heavy atom. The van der Waals surface area contributed by atoms with Crippen LogP contribution in [0.15, 0.2) is 66.4 Å². The number of cyclic esters (lactones) is 1. The quantitative estimate of drug-likeness (QED) is 0.120. The average molecular weight is 1060 g/mol. The fourth-order valence-corrected chi connectivity index (χ4v) is 13.6. The molecule has 5 aliphatic heterocycles. The van der Waals surface area contributed by atoms with E-state index in [1.54, 1.807) is 6.33 Å². The van der Waals surface area contributed by atoms with Crippen LogP contribution in [-0.4, -0.2) is 161 Å². The van der Waals surface area contributed by atoms with Crippen molar-refractivity contribution in [3.63, 3.8) is 0 Å². The number of piperazine rings is 2. The molecule has 7 aromatic heterocycles. The van der Waals surface area contributed by atoms with Crippen LogP contribution in [0, 0.1) is 0 Å². The molecule has 7 aromatic rings. The minimum Gasteiger partial charge on any atom is -0.447 e. The molecule has 2 unspecified atom stereocenters. The summed E-state index contributed by atoms with van der Waals surface area (Å²) in [5.41, 5.74) is 7.44. The van der Waals surface area contributed by atoms with Crippen LogP contribution in [0.25, 0.3) is 38.7 Å². The van der Waals surface area contributed by atoms with Gasteiger partial charge in [-0.1, -0.05) is 0 Å². The normalized spacial score (nSPS) is 22.9. The van der Waals surface area contributed by atoms with Crippen LogP contribution >= 0.6 is 22.7 Å². The Kier molecular flexibility index (Phi) is 10.4. The molecule has 4 saturated carbocycles. The fraction of sp³-hybridized carbons (Fsp3) is 0.481. The van der Waals surface area contributed by atoms with Crippen LogP contribution in [0.2, 0.25) is 0 Å². The van der Waals surface area contributed by atoms with Crippen molar-refractivity contribution in [3.05, 3.63) is 89.1 Å². The van der Waals surface area contributed by atoms with E-state index < -0.39 is 5.91 Å². The van der Waals surface area contributed by atoms with Crippen molar-refractivity contribution in [2.24, 2.45) is 0 Å². The number of carbonyl (C=O) groups is 2. The van der Waals surface area contributed by atoms with Gasteiger partial charge in [-0.15, -0.1) is 43.1 Å². The van der Waals surface area contributed by atoms with Gasteiger partial charge < -0.3 is 43.0 Å². The SMILES string of the molecule is O=C(Nc1csc(-c2nncn2C2CC2)n1)c1ncc(N2CCN3CCCC3C2)c(-n2cnc(C3CC3)c2)c1C1=CC(n2cnc(C3CC3)c2)=C(N2CCN3C(=O)OCC3C2)CN1c1csc(-c2nncn2C2CC2)n1. The molecule has 0 radical (unpaired) electrons. The predicted octanol–water partition coefficient (Wildman–Crippen LogP) is 6.72. The van der Waals surface area contributed by atoms with E-state index in [2.05, 4.69) is 87.4 Å². The number of anilines is 3. The summed E-state index contributed by atoms with van der Waals surface area (Å²) in [7, 11) is 0. The smallest absolute Gasteiger partial charge is 0.410 e. The van der Waals surface area contributed by atoms with E-state index in [9.17, 15) is 4.79 Å². The Bertz CT molecular complexity index is 3510. The van der Waals surface area contributed by atoms with Gasteiger partial charge in [0.25, 0.3) is 5.91 Å². The van der Waals surface area contributed by atoms with E-state index in [-0.39, 0.29) is 17.8 Å². The minimum atomic E-state index is -0.402. The second-order valence-corrected chi connectivity index (χ2v) is 23.6. The molecule has 12 heterocycles. The number of nitrogens with one attached hydrogen (secondary N) is 1. The van der Waals surface area contributed by atoms with E-state index in [1.165, 1.54) is 29.1 Å². The summed E-state index contributed by atoms with van der Waals surface area (Å²) in [6, 6.07) is 1.03. The van der Waals surface area contributed by atoms with Gasteiger partial charge in [0.2, 0.25) is 0 Å². The molecule has 9 aliphatic rings. The first-order chi connectivity index (χ1) is 37.4. The zero-order chi connectivity index (χ0) is 50.2. The summed E-state index contributed by atoms with van der Waals surface area (Å²) in [4.78, 5) is 65.9. The lowest BCUT2D eigenvalue weighted by Gasteiger charge is -2.43. The van der Waals surface area contributed by atoms with Crippen LogP contribution in [0.5, 0.6) is 0 Å². The third-order valence-corrected chi connectivity index (χ3v) is 18.4. The van der Waals surface area contributed by atoms with Crippen molar-refractivity contribution in [1.29, 1.82) is 0 Å². The molecule has 0 bridgehead atoms. The van der Waals surface area contributed by atoms with Gasteiger partial charge in [-0.3, -0.25) is 14.6 Å². The van der Waals surface area contributed by atoms with E-state index in [4.69, 9.17) is 29.7 Å². The van der Waals surface area contributed by atoms with E-state index in [0.29, 0.717) is 90.8 Å². The highest BCUT2D eigenvalue weighted by Gasteiger charge is 2.42. The lowest BCUT2D eigenvalue weighted by atomic mass is 9.98. The Morgan fingerprint density at radius 2 is 1.39 bits per heavy atom. The number of hydrogen-bond acceptors (Lipinski definition) is 18. The molecule has 2 atom stereocenters. The average Bonchev–Trinajstić information content (AvgIpc) is 4.43. The lowest BCUT2D eigenvalue weighted by molar-refractivity contribution is 0.102. The summed E-state index contributed by atoms with van der Waals surface area (Å²) >= 11 is 2.96. The number of carbonyl (C=O) groups excluding carboxylic acids is 2. The molecule has 0 spiro atoms. The molecule has 22 nitrogen and oxygen atoms in total. The molecule has 76 heavy (non-hydrogen) atoms. The number of fused-ring (bicyclic) bond motifs is 2. The van der Waals surface area contributed by atoms with Gasteiger partial charge in [0.15, 0.2) is 21.7 Å². The van der Waals surface area contributed by atoms with Crippen LogP contribution < -0.4 is 15.1 Å². The molecule has 1 N–H and O–H groups in total.